The number of fused-ring (bicyclic) bond motifs is 3. The number of methoxy groups -OCH3 is 1. The number of carbonyl (C=O) groups excluding carboxylic acids is 1. The highest BCUT2D eigenvalue weighted by Gasteiger charge is 2.46. The van der Waals surface area contributed by atoms with Crippen molar-refractivity contribution in [3.63, 3.8) is 0 Å². The topological polar surface area (TPSA) is 81.0 Å². The number of nitrogens with two attached hydrogens (primary N) is 1. The number of rotatable bonds is 3. The third kappa shape index (κ3) is 1.59. The summed E-state index contributed by atoms with van der Waals surface area (Å²) in [6, 6.07) is 7.88. The molecule has 2 heterocycles. The molecule has 0 bridgehead atoms. The maximum atomic E-state index is 12.0. The second-order valence-corrected chi connectivity index (χ2v) is 5.92. The molecule has 1 amide bonds. The summed E-state index contributed by atoms with van der Waals surface area (Å²) in [4.78, 5) is 19.9. The summed E-state index contributed by atoms with van der Waals surface area (Å²) in [5, 5.41) is 2.16. The zero-order valence-electron chi connectivity index (χ0n) is 12.3. The molecule has 0 unspecified atom stereocenters. The van der Waals surface area contributed by atoms with Gasteiger partial charge in [0.05, 0.1) is 29.3 Å². The van der Waals surface area contributed by atoms with Crippen molar-refractivity contribution in [2.75, 3.05) is 7.11 Å². The van der Waals surface area contributed by atoms with Crippen LogP contribution < -0.4 is 10.5 Å². The van der Waals surface area contributed by atoms with E-state index in [9.17, 15) is 4.79 Å². The molecule has 1 aliphatic rings. The highest BCUT2D eigenvalue weighted by molar-refractivity contribution is 6.09. The predicted octanol–water partition coefficient (Wildman–Crippen LogP) is 2.63. The van der Waals surface area contributed by atoms with E-state index in [-0.39, 0.29) is 5.91 Å². The monoisotopic (exact) mass is 295 g/mol. The van der Waals surface area contributed by atoms with Crippen molar-refractivity contribution in [3.05, 3.63) is 36.2 Å². The lowest BCUT2D eigenvalue weighted by Gasteiger charge is -2.38. The van der Waals surface area contributed by atoms with Crippen molar-refractivity contribution in [1.29, 1.82) is 0 Å². The lowest BCUT2D eigenvalue weighted by Crippen LogP contribution is -2.47. The van der Waals surface area contributed by atoms with E-state index in [0.29, 0.717) is 0 Å². The number of nitrogens with one attached hydrogen (secondary N) is 1. The zero-order chi connectivity index (χ0) is 15.3. The Morgan fingerprint density at radius 2 is 2.14 bits per heavy atom. The molecular weight excluding hydrogens is 278 g/mol. The van der Waals surface area contributed by atoms with Crippen molar-refractivity contribution in [2.24, 2.45) is 5.73 Å². The number of amides is 1. The van der Waals surface area contributed by atoms with Gasteiger partial charge in [0.25, 0.3) is 0 Å². The number of hydrogen-bond acceptors (Lipinski definition) is 3. The Bertz CT molecular complexity index is 893. The number of benzene rings is 1. The molecule has 22 heavy (non-hydrogen) atoms. The van der Waals surface area contributed by atoms with Crippen LogP contribution >= 0.6 is 0 Å². The molecule has 1 aromatic carbocycles. The first-order valence-corrected chi connectivity index (χ1v) is 7.40. The molecule has 5 nitrogen and oxygen atoms in total. The van der Waals surface area contributed by atoms with E-state index in [0.717, 1.165) is 52.5 Å². The van der Waals surface area contributed by atoms with Gasteiger partial charge in [-0.15, -0.1) is 0 Å². The number of H-pyrrole nitrogens is 1. The quantitative estimate of drug-likeness (QED) is 0.779. The van der Waals surface area contributed by atoms with Crippen LogP contribution in [0.5, 0.6) is 5.75 Å². The Balaban J connectivity index is 2.02. The fourth-order valence-electron chi connectivity index (χ4n) is 3.43. The summed E-state index contributed by atoms with van der Waals surface area (Å²) in [6.07, 6.45) is 4.31. The van der Waals surface area contributed by atoms with Gasteiger partial charge in [0.1, 0.15) is 5.75 Å². The standard InChI is InChI=1S/C17H17N3O2/c1-22-10-3-4-11-12-5-8-19-15(14(12)20-13(11)9-10)17(16(18)21)6-2-7-17/h3-5,8-9,20H,2,6-7H2,1H3,(H2,18,21). The molecule has 1 aliphatic carbocycles. The summed E-state index contributed by atoms with van der Waals surface area (Å²) in [7, 11) is 1.65. The third-order valence-corrected chi connectivity index (χ3v) is 4.86. The molecule has 5 heteroatoms. The van der Waals surface area contributed by atoms with Crippen molar-refractivity contribution in [1.82, 2.24) is 9.97 Å². The Morgan fingerprint density at radius 3 is 2.77 bits per heavy atom. The average molecular weight is 295 g/mol. The molecular formula is C17H17N3O2. The van der Waals surface area contributed by atoms with Gasteiger partial charge < -0.3 is 15.5 Å². The second kappa shape index (κ2) is 4.47. The summed E-state index contributed by atoms with van der Waals surface area (Å²) in [5.74, 6) is 0.511. The fourth-order valence-corrected chi connectivity index (χ4v) is 3.43. The largest absolute Gasteiger partial charge is 0.497 e. The van der Waals surface area contributed by atoms with E-state index in [1.807, 2.05) is 24.3 Å². The number of carbonyl (C=O) groups is 1. The van der Waals surface area contributed by atoms with E-state index in [1.54, 1.807) is 13.3 Å². The van der Waals surface area contributed by atoms with Crippen LogP contribution in [0.3, 0.4) is 0 Å². The number of nitrogens with zero attached hydrogens (tertiary/aromatic N) is 1. The van der Waals surface area contributed by atoms with Crippen LogP contribution in [0.1, 0.15) is 25.0 Å². The number of aromatic amines is 1. The summed E-state index contributed by atoms with van der Waals surface area (Å²) < 4.78 is 5.28. The zero-order valence-corrected chi connectivity index (χ0v) is 12.3. The van der Waals surface area contributed by atoms with Gasteiger partial charge in [0, 0.05) is 23.0 Å². The first-order valence-electron chi connectivity index (χ1n) is 7.40. The van der Waals surface area contributed by atoms with E-state index in [2.05, 4.69) is 9.97 Å². The lowest BCUT2D eigenvalue weighted by molar-refractivity contribution is -0.126. The highest BCUT2D eigenvalue weighted by atomic mass is 16.5. The van der Waals surface area contributed by atoms with Gasteiger partial charge in [-0.05, 0) is 31.0 Å². The summed E-state index contributed by atoms with van der Waals surface area (Å²) in [5.41, 5.74) is 7.72. The maximum Gasteiger partial charge on any atom is 0.229 e. The van der Waals surface area contributed by atoms with Gasteiger partial charge in [-0.1, -0.05) is 6.42 Å². The highest BCUT2D eigenvalue weighted by Crippen LogP contribution is 2.45. The van der Waals surface area contributed by atoms with Crippen molar-refractivity contribution in [3.8, 4) is 5.75 Å². The number of ether oxygens (including phenoxy) is 1. The normalized spacial score (nSPS) is 16.6. The summed E-state index contributed by atoms with van der Waals surface area (Å²) >= 11 is 0. The van der Waals surface area contributed by atoms with E-state index in [4.69, 9.17) is 10.5 Å². The maximum absolute atomic E-state index is 12.0. The first kappa shape index (κ1) is 13.1. The number of aromatic nitrogens is 2. The van der Waals surface area contributed by atoms with Crippen LogP contribution in [0.2, 0.25) is 0 Å². The third-order valence-electron chi connectivity index (χ3n) is 4.86. The van der Waals surface area contributed by atoms with Crippen LogP contribution in [0.15, 0.2) is 30.5 Å². The van der Waals surface area contributed by atoms with Gasteiger partial charge in [0.15, 0.2) is 0 Å². The smallest absolute Gasteiger partial charge is 0.229 e. The summed E-state index contributed by atoms with van der Waals surface area (Å²) in [6.45, 7) is 0. The molecule has 3 N–H and O–H groups in total. The van der Waals surface area contributed by atoms with Crippen LogP contribution in [-0.4, -0.2) is 23.0 Å². The Kier molecular flexibility index (Phi) is 2.66. The van der Waals surface area contributed by atoms with Crippen LogP contribution in [0, 0.1) is 0 Å². The molecule has 1 fully saturated rings. The van der Waals surface area contributed by atoms with Crippen molar-refractivity contribution < 1.29 is 9.53 Å². The van der Waals surface area contributed by atoms with Crippen molar-refractivity contribution in [2.45, 2.75) is 24.7 Å². The molecule has 0 atom stereocenters. The van der Waals surface area contributed by atoms with Gasteiger partial charge in [0.2, 0.25) is 5.91 Å². The van der Waals surface area contributed by atoms with Crippen LogP contribution in [0.25, 0.3) is 21.8 Å². The van der Waals surface area contributed by atoms with E-state index in [1.165, 1.54) is 0 Å². The molecule has 0 aliphatic heterocycles. The van der Waals surface area contributed by atoms with E-state index >= 15 is 0 Å². The molecule has 0 saturated heterocycles. The molecule has 1 saturated carbocycles. The first-order chi connectivity index (χ1) is 10.7. The molecule has 0 radical (unpaired) electrons. The fraction of sp³-hybridized carbons (Fsp3) is 0.294. The second-order valence-electron chi connectivity index (χ2n) is 5.92. The minimum absolute atomic E-state index is 0.282. The SMILES string of the molecule is COc1ccc2c(c1)[nH]c1c(C3(C(N)=O)CCC3)nccc12. The molecule has 2 aromatic heterocycles. The van der Waals surface area contributed by atoms with Crippen LogP contribution in [-0.2, 0) is 10.2 Å². The van der Waals surface area contributed by atoms with Gasteiger partial charge >= 0.3 is 0 Å². The average Bonchev–Trinajstić information content (AvgIpc) is 2.84. The molecule has 4 rings (SSSR count). The lowest BCUT2D eigenvalue weighted by atomic mass is 9.65. The minimum atomic E-state index is -0.621. The molecule has 3 aromatic rings. The predicted molar refractivity (Wildman–Crippen MR) is 84.9 cm³/mol. The number of pyridine rings is 1. The molecule has 0 spiro atoms. The molecule has 112 valence electrons. The number of primary amides is 1. The number of hydrogen-bond donors (Lipinski definition) is 2. The Hall–Kier alpha value is -2.56. The Labute approximate surface area is 127 Å². The van der Waals surface area contributed by atoms with Gasteiger partial charge in [-0.25, -0.2) is 0 Å². The Morgan fingerprint density at radius 1 is 1.32 bits per heavy atom. The van der Waals surface area contributed by atoms with Crippen molar-refractivity contribution >= 4 is 27.7 Å². The minimum Gasteiger partial charge on any atom is -0.497 e. The van der Waals surface area contributed by atoms with Gasteiger partial charge in [-0.2, -0.15) is 0 Å². The van der Waals surface area contributed by atoms with Gasteiger partial charge in [-0.3, -0.25) is 9.78 Å². The van der Waals surface area contributed by atoms with Crippen LogP contribution in [0.4, 0.5) is 0 Å². The van der Waals surface area contributed by atoms with E-state index < -0.39 is 5.41 Å².